The van der Waals surface area contributed by atoms with E-state index in [0.717, 1.165) is 29.5 Å². The maximum Gasteiger partial charge on any atom is 0.0982 e. The van der Waals surface area contributed by atoms with E-state index < -0.39 is 0 Å². The third-order valence-corrected chi connectivity index (χ3v) is 3.22. The molecule has 1 aromatic carbocycles. The molecular formula is C12H12BrNO. The summed E-state index contributed by atoms with van der Waals surface area (Å²) in [5, 5.41) is 9.04. The van der Waals surface area contributed by atoms with Crippen LogP contribution in [0.4, 0.5) is 0 Å². The highest BCUT2D eigenvalue weighted by Gasteiger charge is 2.26. The van der Waals surface area contributed by atoms with Gasteiger partial charge in [0.25, 0.3) is 0 Å². The molecule has 1 aliphatic rings. The molecule has 2 unspecified atom stereocenters. The molecule has 2 nitrogen and oxygen atoms in total. The van der Waals surface area contributed by atoms with Crippen LogP contribution >= 0.6 is 15.9 Å². The average molecular weight is 266 g/mol. The zero-order valence-electron chi connectivity index (χ0n) is 8.32. The van der Waals surface area contributed by atoms with Crippen molar-refractivity contribution in [2.45, 2.75) is 18.9 Å². The first-order valence-electron chi connectivity index (χ1n) is 5.08. The summed E-state index contributed by atoms with van der Waals surface area (Å²) in [7, 11) is 0. The van der Waals surface area contributed by atoms with Gasteiger partial charge in [-0.3, -0.25) is 0 Å². The molecule has 0 radical (unpaired) electrons. The van der Waals surface area contributed by atoms with Crippen LogP contribution in [0.2, 0.25) is 0 Å². The molecule has 0 aliphatic carbocycles. The van der Waals surface area contributed by atoms with Gasteiger partial charge in [-0.25, -0.2) is 0 Å². The van der Waals surface area contributed by atoms with Crippen molar-refractivity contribution in [1.82, 2.24) is 0 Å². The number of hydrogen-bond acceptors (Lipinski definition) is 2. The molecule has 0 aromatic heterocycles. The quantitative estimate of drug-likeness (QED) is 0.780. The van der Waals surface area contributed by atoms with Gasteiger partial charge in [0, 0.05) is 11.1 Å². The average Bonchev–Trinajstić information content (AvgIpc) is 2.30. The molecule has 15 heavy (non-hydrogen) atoms. The van der Waals surface area contributed by atoms with E-state index in [-0.39, 0.29) is 12.0 Å². The standard InChI is InChI=1S/C12H12BrNO/c13-11-5-3-9(4-6-11)12-10(8-14)2-1-7-15-12/h3-6,10,12H,1-2,7H2. The second-order valence-electron chi connectivity index (χ2n) is 3.72. The van der Waals surface area contributed by atoms with Crippen LogP contribution in [-0.2, 0) is 4.74 Å². The Morgan fingerprint density at radius 2 is 2.07 bits per heavy atom. The number of ether oxygens (including phenoxy) is 1. The van der Waals surface area contributed by atoms with Crippen LogP contribution in [-0.4, -0.2) is 6.61 Å². The summed E-state index contributed by atoms with van der Waals surface area (Å²) in [5.74, 6) is -0.0000690. The Labute approximate surface area is 98.0 Å². The first-order valence-corrected chi connectivity index (χ1v) is 5.87. The molecule has 2 rings (SSSR count). The lowest BCUT2D eigenvalue weighted by molar-refractivity contribution is -0.0101. The van der Waals surface area contributed by atoms with Crippen molar-refractivity contribution in [3.63, 3.8) is 0 Å². The topological polar surface area (TPSA) is 33.0 Å². The van der Waals surface area contributed by atoms with Crippen LogP contribution < -0.4 is 0 Å². The smallest absolute Gasteiger partial charge is 0.0982 e. The normalized spacial score (nSPS) is 25.9. The van der Waals surface area contributed by atoms with E-state index in [2.05, 4.69) is 22.0 Å². The zero-order chi connectivity index (χ0) is 10.7. The number of halogens is 1. The monoisotopic (exact) mass is 265 g/mol. The lowest BCUT2D eigenvalue weighted by Gasteiger charge is -2.27. The largest absolute Gasteiger partial charge is 0.372 e. The van der Waals surface area contributed by atoms with Crippen molar-refractivity contribution in [3.05, 3.63) is 34.3 Å². The van der Waals surface area contributed by atoms with Crippen molar-refractivity contribution in [3.8, 4) is 6.07 Å². The zero-order valence-corrected chi connectivity index (χ0v) is 9.90. The van der Waals surface area contributed by atoms with Gasteiger partial charge in [0.15, 0.2) is 0 Å². The van der Waals surface area contributed by atoms with Gasteiger partial charge in [-0.05, 0) is 30.5 Å². The highest BCUT2D eigenvalue weighted by atomic mass is 79.9. The molecule has 1 fully saturated rings. The summed E-state index contributed by atoms with van der Waals surface area (Å²) in [6.45, 7) is 0.763. The van der Waals surface area contributed by atoms with Crippen LogP contribution in [0.25, 0.3) is 0 Å². The number of rotatable bonds is 1. The SMILES string of the molecule is N#CC1CCCOC1c1ccc(Br)cc1. The highest BCUT2D eigenvalue weighted by molar-refractivity contribution is 9.10. The van der Waals surface area contributed by atoms with Crippen molar-refractivity contribution >= 4 is 15.9 Å². The van der Waals surface area contributed by atoms with Gasteiger partial charge in [0.2, 0.25) is 0 Å². The maximum atomic E-state index is 9.04. The van der Waals surface area contributed by atoms with Gasteiger partial charge in [-0.1, -0.05) is 28.1 Å². The minimum absolute atomic E-state index is 0.0000690. The molecule has 2 atom stereocenters. The van der Waals surface area contributed by atoms with Crippen molar-refractivity contribution < 1.29 is 4.74 Å². The van der Waals surface area contributed by atoms with Gasteiger partial charge in [-0.15, -0.1) is 0 Å². The molecular weight excluding hydrogens is 254 g/mol. The van der Waals surface area contributed by atoms with Gasteiger partial charge in [0.05, 0.1) is 18.1 Å². The van der Waals surface area contributed by atoms with Gasteiger partial charge < -0.3 is 4.74 Å². The molecule has 1 aliphatic heterocycles. The first-order chi connectivity index (χ1) is 7.31. The Kier molecular flexibility index (Phi) is 3.40. The predicted molar refractivity (Wildman–Crippen MR) is 61.2 cm³/mol. The van der Waals surface area contributed by atoms with E-state index in [4.69, 9.17) is 10.00 Å². The van der Waals surface area contributed by atoms with Crippen LogP contribution in [0.15, 0.2) is 28.7 Å². The van der Waals surface area contributed by atoms with Crippen molar-refractivity contribution in [2.75, 3.05) is 6.61 Å². The number of nitrogens with zero attached hydrogens (tertiary/aromatic N) is 1. The fourth-order valence-corrected chi connectivity index (χ4v) is 2.16. The third-order valence-electron chi connectivity index (χ3n) is 2.69. The molecule has 0 N–H and O–H groups in total. The van der Waals surface area contributed by atoms with E-state index in [1.807, 2.05) is 24.3 Å². The summed E-state index contributed by atoms with van der Waals surface area (Å²) < 4.78 is 6.72. The molecule has 0 amide bonds. The van der Waals surface area contributed by atoms with E-state index in [1.165, 1.54) is 0 Å². The van der Waals surface area contributed by atoms with Crippen molar-refractivity contribution in [2.24, 2.45) is 5.92 Å². The van der Waals surface area contributed by atoms with Crippen molar-refractivity contribution in [1.29, 1.82) is 5.26 Å². The fourth-order valence-electron chi connectivity index (χ4n) is 1.89. The molecule has 1 heterocycles. The van der Waals surface area contributed by atoms with Gasteiger partial charge in [-0.2, -0.15) is 5.26 Å². The molecule has 1 aromatic rings. The Hall–Kier alpha value is -0.850. The molecule has 1 saturated heterocycles. The summed E-state index contributed by atoms with van der Waals surface area (Å²) in [5.41, 5.74) is 1.10. The molecule has 3 heteroatoms. The Bertz CT molecular complexity index is 368. The van der Waals surface area contributed by atoms with Gasteiger partial charge in [0.1, 0.15) is 0 Å². The first kappa shape index (κ1) is 10.7. The maximum absolute atomic E-state index is 9.04. The summed E-state index contributed by atoms with van der Waals surface area (Å²) in [4.78, 5) is 0. The third kappa shape index (κ3) is 2.39. The molecule has 0 bridgehead atoms. The minimum atomic E-state index is -0.0446. The van der Waals surface area contributed by atoms with Crippen LogP contribution in [0, 0.1) is 17.2 Å². The lowest BCUT2D eigenvalue weighted by Crippen LogP contribution is -2.21. The Balaban J connectivity index is 2.21. The van der Waals surface area contributed by atoms with E-state index in [1.54, 1.807) is 0 Å². The Morgan fingerprint density at radius 1 is 1.33 bits per heavy atom. The van der Waals surface area contributed by atoms with Crippen LogP contribution in [0.3, 0.4) is 0 Å². The fraction of sp³-hybridized carbons (Fsp3) is 0.417. The van der Waals surface area contributed by atoms with Crippen LogP contribution in [0.1, 0.15) is 24.5 Å². The predicted octanol–water partition coefficient (Wildman–Crippen LogP) is 3.44. The Morgan fingerprint density at radius 3 is 2.73 bits per heavy atom. The van der Waals surface area contributed by atoms with Gasteiger partial charge >= 0.3 is 0 Å². The molecule has 78 valence electrons. The number of benzene rings is 1. The second-order valence-corrected chi connectivity index (χ2v) is 4.64. The summed E-state index contributed by atoms with van der Waals surface area (Å²) in [6, 6.07) is 10.3. The van der Waals surface area contributed by atoms with E-state index in [9.17, 15) is 0 Å². The number of nitriles is 1. The second kappa shape index (κ2) is 4.78. The van der Waals surface area contributed by atoms with E-state index in [0.29, 0.717) is 0 Å². The molecule has 0 saturated carbocycles. The highest BCUT2D eigenvalue weighted by Crippen LogP contribution is 2.33. The van der Waals surface area contributed by atoms with Crippen LogP contribution in [0.5, 0.6) is 0 Å². The lowest BCUT2D eigenvalue weighted by atomic mass is 9.91. The summed E-state index contributed by atoms with van der Waals surface area (Å²) >= 11 is 3.40. The van der Waals surface area contributed by atoms with E-state index >= 15 is 0 Å². The number of hydrogen-bond donors (Lipinski definition) is 0. The minimum Gasteiger partial charge on any atom is -0.372 e. The summed E-state index contributed by atoms with van der Waals surface area (Å²) in [6.07, 6.45) is 1.89. The molecule has 0 spiro atoms.